The minimum Gasteiger partial charge on any atom is -0.383 e. The van der Waals surface area contributed by atoms with Crippen LogP contribution < -0.4 is 5.32 Å². The van der Waals surface area contributed by atoms with E-state index in [4.69, 9.17) is 4.74 Å². The van der Waals surface area contributed by atoms with Crippen molar-refractivity contribution in [1.82, 2.24) is 25.5 Å². The second kappa shape index (κ2) is 8.49. The number of aromatic nitrogens is 4. The highest BCUT2D eigenvalue weighted by atomic mass is 16.5. The van der Waals surface area contributed by atoms with Gasteiger partial charge in [-0.3, -0.25) is 0 Å². The van der Waals surface area contributed by atoms with Gasteiger partial charge < -0.3 is 10.1 Å². The second-order valence-electron chi connectivity index (χ2n) is 5.02. The Balaban J connectivity index is 1.97. The van der Waals surface area contributed by atoms with Crippen molar-refractivity contribution >= 4 is 0 Å². The normalized spacial score (nSPS) is 12.5. The maximum Gasteiger partial charge on any atom is 0.157 e. The minimum atomic E-state index is 0.510. The van der Waals surface area contributed by atoms with E-state index in [0.717, 1.165) is 44.0 Å². The minimum absolute atomic E-state index is 0.510. The first-order valence-corrected chi connectivity index (χ1v) is 7.37. The van der Waals surface area contributed by atoms with Crippen molar-refractivity contribution in [3.8, 4) is 5.69 Å². The Morgan fingerprint density at radius 1 is 1.29 bits per heavy atom. The molecule has 1 aromatic heterocycles. The zero-order chi connectivity index (χ0) is 14.9. The van der Waals surface area contributed by atoms with E-state index in [2.05, 4.69) is 27.8 Å². The average Bonchev–Trinajstić information content (AvgIpc) is 2.99. The van der Waals surface area contributed by atoms with Gasteiger partial charge in [-0.1, -0.05) is 31.5 Å². The number of methoxy groups -OCH3 is 1. The summed E-state index contributed by atoms with van der Waals surface area (Å²) in [6.07, 6.45) is 1.94. The van der Waals surface area contributed by atoms with Crippen LogP contribution >= 0.6 is 0 Å². The van der Waals surface area contributed by atoms with Crippen molar-refractivity contribution in [2.75, 3.05) is 26.8 Å². The van der Waals surface area contributed by atoms with E-state index in [1.807, 2.05) is 35.0 Å². The molecule has 6 heteroatoms. The van der Waals surface area contributed by atoms with Crippen LogP contribution in [0.15, 0.2) is 30.3 Å². The van der Waals surface area contributed by atoms with Gasteiger partial charge in [-0.15, -0.1) is 5.10 Å². The highest BCUT2D eigenvalue weighted by Crippen LogP contribution is 2.13. The Hall–Kier alpha value is -1.79. The molecular formula is C15H23N5O. The number of nitrogens with one attached hydrogen (secondary N) is 1. The predicted octanol–water partition coefficient (Wildman–Crippen LogP) is 1.47. The summed E-state index contributed by atoms with van der Waals surface area (Å²) in [5.41, 5.74) is 1.000. The van der Waals surface area contributed by atoms with Crippen LogP contribution in [0.4, 0.5) is 0 Å². The first-order chi connectivity index (χ1) is 10.3. The predicted molar refractivity (Wildman–Crippen MR) is 81.4 cm³/mol. The van der Waals surface area contributed by atoms with Gasteiger partial charge in [0.25, 0.3) is 0 Å². The molecule has 0 amide bonds. The number of benzene rings is 1. The smallest absolute Gasteiger partial charge is 0.157 e. The van der Waals surface area contributed by atoms with Gasteiger partial charge >= 0.3 is 0 Å². The lowest BCUT2D eigenvalue weighted by molar-refractivity contribution is 0.197. The van der Waals surface area contributed by atoms with Crippen molar-refractivity contribution in [2.24, 2.45) is 5.92 Å². The lowest BCUT2D eigenvalue weighted by Crippen LogP contribution is -2.27. The van der Waals surface area contributed by atoms with Crippen molar-refractivity contribution in [1.29, 1.82) is 0 Å². The molecule has 1 heterocycles. The molecule has 0 saturated carbocycles. The molecular weight excluding hydrogens is 266 g/mol. The Morgan fingerprint density at radius 3 is 2.81 bits per heavy atom. The molecule has 114 valence electrons. The fraction of sp³-hybridized carbons (Fsp3) is 0.533. The third-order valence-corrected chi connectivity index (χ3v) is 3.50. The first-order valence-electron chi connectivity index (χ1n) is 7.37. The molecule has 0 bridgehead atoms. The maximum absolute atomic E-state index is 5.04. The standard InChI is InChI=1S/C15H23N5O/c1-3-13(12-16-9-10-21-2)11-15-17-18-19-20(15)14-7-5-4-6-8-14/h4-8,13,16H,3,9-12H2,1-2H3. The number of tetrazole rings is 1. The van der Waals surface area contributed by atoms with Crippen LogP contribution in [0.3, 0.4) is 0 Å². The Morgan fingerprint density at radius 2 is 2.10 bits per heavy atom. The van der Waals surface area contributed by atoms with Gasteiger partial charge in [-0.05, 0) is 35.0 Å². The molecule has 21 heavy (non-hydrogen) atoms. The van der Waals surface area contributed by atoms with Crippen LogP contribution in [-0.4, -0.2) is 47.0 Å². The number of para-hydroxylation sites is 1. The maximum atomic E-state index is 5.04. The zero-order valence-corrected chi connectivity index (χ0v) is 12.7. The van der Waals surface area contributed by atoms with E-state index >= 15 is 0 Å². The fourth-order valence-corrected chi connectivity index (χ4v) is 2.20. The summed E-state index contributed by atoms with van der Waals surface area (Å²) in [7, 11) is 1.72. The molecule has 6 nitrogen and oxygen atoms in total. The Labute approximate surface area is 125 Å². The van der Waals surface area contributed by atoms with E-state index in [0.29, 0.717) is 5.92 Å². The quantitative estimate of drug-likeness (QED) is 0.708. The van der Waals surface area contributed by atoms with Crippen LogP contribution in [-0.2, 0) is 11.2 Å². The molecule has 2 aromatic rings. The first kappa shape index (κ1) is 15.6. The van der Waals surface area contributed by atoms with Crippen molar-refractivity contribution in [2.45, 2.75) is 19.8 Å². The molecule has 1 unspecified atom stereocenters. The molecule has 0 saturated heterocycles. The number of rotatable bonds is 9. The fourth-order valence-electron chi connectivity index (χ4n) is 2.20. The monoisotopic (exact) mass is 289 g/mol. The van der Waals surface area contributed by atoms with Crippen molar-refractivity contribution < 1.29 is 4.74 Å². The lowest BCUT2D eigenvalue weighted by Gasteiger charge is -2.15. The summed E-state index contributed by atoms with van der Waals surface area (Å²) in [4.78, 5) is 0. The van der Waals surface area contributed by atoms with Gasteiger partial charge in [0, 0.05) is 20.1 Å². The van der Waals surface area contributed by atoms with Crippen LogP contribution in [0.5, 0.6) is 0 Å². The molecule has 1 atom stereocenters. The second-order valence-corrected chi connectivity index (χ2v) is 5.02. The molecule has 1 N–H and O–H groups in total. The topological polar surface area (TPSA) is 64.9 Å². The van der Waals surface area contributed by atoms with Crippen LogP contribution in [0.25, 0.3) is 5.69 Å². The van der Waals surface area contributed by atoms with Gasteiger partial charge in [0.2, 0.25) is 0 Å². The average molecular weight is 289 g/mol. The molecule has 1 aromatic carbocycles. The summed E-state index contributed by atoms with van der Waals surface area (Å²) in [6.45, 7) is 4.75. The Bertz CT molecular complexity index is 514. The summed E-state index contributed by atoms with van der Waals surface area (Å²) < 4.78 is 6.86. The number of ether oxygens (including phenoxy) is 1. The molecule has 0 radical (unpaired) electrons. The molecule has 0 aliphatic heterocycles. The molecule has 0 spiro atoms. The van der Waals surface area contributed by atoms with E-state index in [1.54, 1.807) is 7.11 Å². The van der Waals surface area contributed by atoms with E-state index in [1.165, 1.54) is 0 Å². The number of hydrogen-bond donors (Lipinski definition) is 1. The van der Waals surface area contributed by atoms with Gasteiger partial charge in [-0.25, -0.2) is 0 Å². The number of hydrogen-bond acceptors (Lipinski definition) is 5. The van der Waals surface area contributed by atoms with Crippen LogP contribution in [0.1, 0.15) is 19.2 Å². The molecule has 0 aliphatic rings. The van der Waals surface area contributed by atoms with Gasteiger partial charge in [-0.2, -0.15) is 4.68 Å². The summed E-state index contributed by atoms with van der Waals surface area (Å²) in [6, 6.07) is 9.99. The van der Waals surface area contributed by atoms with E-state index < -0.39 is 0 Å². The summed E-state index contributed by atoms with van der Waals surface area (Å²) >= 11 is 0. The van der Waals surface area contributed by atoms with Crippen molar-refractivity contribution in [3.05, 3.63) is 36.2 Å². The lowest BCUT2D eigenvalue weighted by atomic mass is 10.0. The van der Waals surface area contributed by atoms with Gasteiger partial charge in [0.1, 0.15) is 0 Å². The molecule has 2 rings (SSSR count). The highest BCUT2D eigenvalue weighted by Gasteiger charge is 2.14. The van der Waals surface area contributed by atoms with Gasteiger partial charge in [0.15, 0.2) is 5.82 Å². The third kappa shape index (κ3) is 4.61. The Kier molecular flexibility index (Phi) is 6.30. The molecule has 0 aliphatic carbocycles. The summed E-state index contributed by atoms with van der Waals surface area (Å²) in [5.74, 6) is 1.41. The highest BCUT2D eigenvalue weighted by molar-refractivity contribution is 5.30. The molecule has 0 fully saturated rings. The van der Waals surface area contributed by atoms with Crippen LogP contribution in [0.2, 0.25) is 0 Å². The zero-order valence-electron chi connectivity index (χ0n) is 12.7. The largest absolute Gasteiger partial charge is 0.383 e. The van der Waals surface area contributed by atoms with Gasteiger partial charge in [0.05, 0.1) is 12.3 Å². The van der Waals surface area contributed by atoms with Crippen LogP contribution in [0, 0.1) is 5.92 Å². The summed E-state index contributed by atoms with van der Waals surface area (Å²) in [5, 5.41) is 15.5. The van der Waals surface area contributed by atoms with Crippen molar-refractivity contribution in [3.63, 3.8) is 0 Å². The van der Waals surface area contributed by atoms with E-state index in [9.17, 15) is 0 Å². The van der Waals surface area contributed by atoms with E-state index in [-0.39, 0.29) is 0 Å². The number of nitrogens with zero attached hydrogens (tertiary/aromatic N) is 4. The third-order valence-electron chi connectivity index (χ3n) is 3.50. The SMILES string of the molecule is CCC(CNCCOC)Cc1nnnn1-c1ccccc1.